The molecule has 0 aromatic heterocycles. The van der Waals surface area contributed by atoms with Crippen molar-refractivity contribution >= 4 is 47.3 Å². The number of hydrogen-bond donors (Lipinski definition) is 4. The molecule has 2 saturated heterocycles. The highest BCUT2D eigenvalue weighted by Gasteiger charge is 2.43. The van der Waals surface area contributed by atoms with Gasteiger partial charge in [-0.2, -0.15) is 0 Å². The van der Waals surface area contributed by atoms with Crippen LogP contribution >= 0.6 is 0 Å². The van der Waals surface area contributed by atoms with Gasteiger partial charge in [-0.25, -0.2) is 4.79 Å². The lowest BCUT2D eigenvalue weighted by atomic mass is 9.90. The average Bonchev–Trinajstić information content (AvgIpc) is 3.85. The summed E-state index contributed by atoms with van der Waals surface area (Å²) >= 11 is 0. The van der Waals surface area contributed by atoms with Crippen molar-refractivity contribution < 1.29 is 52.9 Å². The van der Waals surface area contributed by atoms with Crippen molar-refractivity contribution in [3.8, 4) is 0 Å². The summed E-state index contributed by atoms with van der Waals surface area (Å²) in [5.74, 6) is -4.35. The minimum atomic E-state index is -1.16. The molecule has 1 aliphatic carbocycles. The molecular weight excluding hydrogens is 935 g/mol. The first-order valence-corrected chi connectivity index (χ1v) is 27.1. The molecule has 8 atom stereocenters. The molecule has 1 saturated carbocycles. The summed E-state index contributed by atoms with van der Waals surface area (Å²) in [4.78, 5) is 114. The van der Waals surface area contributed by atoms with E-state index < -0.39 is 66.0 Å². The number of carboxylic acids is 1. The smallest absolute Gasteiger partial charge is 0.326 e. The molecule has 2 aliphatic heterocycles. The van der Waals surface area contributed by atoms with Gasteiger partial charge in [0.2, 0.25) is 41.4 Å². The molecule has 4 rings (SSSR count). The van der Waals surface area contributed by atoms with Crippen LogP contribution in [0.1, 0.15) is 143 Å². The summed E-state index contributed by atoms with van der Waals surface area (Å²) in [5, 5.41) is 18.6. The first-order valence-electron chi connectivity index (χ1n) is 27.1. The third-order valence-electron chi connectivity index (χ3n) is 15.8. The molecule has 0 spiro atoms. The Kier molecular flexibility index (Phi) is 25.1. The van der Waals surface area contributed by atoms with E-state index >= 15 is 0 Å². The molecule has 2 heterocycles. The quantitative estimate of drug-likeness (QED) is 0.0972. The summed E-state index contributed by atoms with van der Waals surface area (Å²) < 4.78 is 11.9. The number of carbonyl (C=O) groups excluding carboxylic acids is 7. The van der Waals surface area contributed by atoms with E-state index in [1.807, 2.05) is 33.8 Å². The number of likely N-dealkylation sites (tertiary alicyclic amines) is 2. The fraction of sp³-hybridized carbons (Fsp3) is 0.745. The number of hydrogen-bond acceptors (Lipinski definition) is 10. The molecule has 4 N–H and O–H groups in total. The van der Waals surface area contributed by atoms with Crippen molar-refractivity contribution in [2.75, 3.05) is 54.5 Å². The summed E-state index contributed by atoms with van der Waals surface area (Å²) in [6, 6.07) is 6.20. The van der Waals surface area contributed by atoms with Gasteiger partial charge in [-0.3, -0.25) is 33.6 Å². The van der Waals surface area contributed by atoms with Gasteiger partial charge in [0, 0.05) is 79.2 Å². The highest BCUT2D eigenvalue weighted by atomic mass is 16.5. The number of amides is 7. The normalized spacial score (nSPS) is 19.8. The van der Waals surface area contributed by atoms with Crippen LogP contribution in [0, 0.1) is 23.7 Å². The lowest BCUT2D eigenvalue weighted by Crippen LogP contribution is -2.56. The zero-order valence-electron chi connectivity index (χ0n) is 45.4. The highest BCUT2D eigenvalue weighted by molar-refractivity contribution is 5.91. The zero-order valence-corrected chi connectivity index (χ0v) is 45.4. The summed E-state index contributed by atoms with van der Waals surface area (Å²) in [6.45, 7) is 10.3. The molecule has 3 aliphatic rings. The Morgan fingerprint density at radius 3 is 1.99 bits per heavy atom. The van der Waals surface area contributed by atoms with Crippen LogP contribution in [0.2, 0.25) is 0 Å². The van der Waals surface area contributed by atoms with Crippen molar-refractivity contribution in [2.45, 2.75) is 186 Å². The number of piperidine rings is 1. The first kappa shape index (κ1) is 60.5. The van der Waals surface area contributed by atoms with E-state index in [4.69, 9.17) is 9.47 Å². The van der Waals surface area contributed by atoms with Gasteiger partial charge in [-0.05, 0) is 62.3 Å². The fourth-order valence-electron chi connectivity index (χ4n) is 11.2. The third kappa shape index (κ3) is 17.8. The molecule has 18 heteroatoms. The Balaban J connectivity index is 1.28. The maximum absolute atomic E-state index is 14.2. The number of methoxy groups -OCH3 is 2. The van der Waals surface area contributed by atoms with E-state index in [0.29, 0.717) is 58.2 Å². The van der Waals surface area contributed by atoms with Gasteiger partial charge in [0.25, 0.3) is 0 Å². The summed E-state index contributed by atoms with van der Waals surface area (Å²) in [7, 11) is 6.15. The maximum Gasteiger partial charge on any atom is 0.326 e. The largest absolute Gasteiger partial charge is 0.480 e. The number of likely N-dealkylation sites (N-methyl/N-ethyl adjacent to an activating group) is 2. The molecule has 1 aromatic rings. The lowest BCUT2D eigenvalue weighted by molar-refractivity contribution is -0.147. The van der Waals surface area contributed by atoms with Gasteiger partial charge < -0.3 is 50.1 Å². The molecule has 8 unspecified atom stereocenters. The molecule has 0 bridgehead atoms. The zero-order chi connectivity index (χ0) is 53.8. The van der Waals surface area contributed by atoms with E-state index in [9.17, 15) is 43.5 Å². The van der Waals surface area contributed by atoms with Gasteiger partial charge in [0.1, 0.15) is 12.1 Å². The summed E-state index contributed by atoms with van der Waals surface area (Å²) in [6.07, 6.45) is 10.3. The molecule has 73 heavy (non-hydrogen) atoms. The maximum atomic E-state index is 14.2. The molecular formula is C55H89N7O11. The Morgan fingerprint density at radius 1 is 0.753 bits per heavy atom. The molecule has 3 fully saturated rings. The third-order valence-corrected chi connectivity index (χ3v) is 15.8. The van der Waals surface area contributed by atoms with Crippen LogP contribution in [0.3, 0.4) is 0 Å². The number of benzene rings is 1. The topological polar surface area (TPSA) is 224 Å². The Morgan fingerprint density at radius 2 is 1.40 bits per heavy atom. The fourth-order valence-corrected chi connectivity index (χ4v) is 11.2. The van der Waals surface area contributed by atoms with Crippen LogP contribution < -0.4 is 16.0 Å². The number of nitrogens with one attached hydrogen (secondary N) is 3. The monoisotopic (exact) mass is 1020 g/mol. The van der Waals surface area contributed by atoms with Gasteiger partial charge in [0.05, 0.1) is 43.2 Å². The first-order chi connectivity index (χ1) is 34.8. The number of rotatable bonds is 26. The Bertz CT molecular complexity index is 1960. The van der Waals surface area contributed by atoms with E-state index in [1.54, 1.807) is 55.1 Å². The molecule has 18 nitrogen and oxygen atoms in total. The Hall–Kier alpha value is -5.10. The van der Waals surface area contributed by atoms with Crippen LogP contribution in [0.4, 0.5) is 0 Å². The Labute approximate surface area is 434 Å². The SMILES string of the molecule is CCC(C)C(C(CC(=O)N1CCCC1C(OC)C(C)C(=O)NC(Cc1ccccc1)C(=O)O)OC)N(C)C(=O)CNC(=O)C(C(C)C)N(C)C(=O)CCCC(=O)N1CCC(C(=O)NC2CCCCCCC2)CC1. The second-order valence-corrected chi connectivity index (χ2v) is 21.2. The highest BCUT2D eigenvalue weighted by Crippen LogP contribution is 2.30. The van der Waals surface area contributed by atoms with Crippen LogP contribution in [-0.2, 0) is 54.3 Å². The predicted octanol–water partition coefficient (Wildman–Crippen LogP) is 4.96. The van der Waals surface area contributed by atoms with Crippen LogP contribution in [0.25, 0.3) is 0 Å². The second-order valence-electron chi connectivity index (χ2n) is 21.2. The van der Waals surface area contributed by atoms with Crippen molar-refractivity contribution in [2.24, 2.45) is 23.7 Å². The minimum Gasteiger partial charge on any atom is -0.480 e. The number of nitrogens with zero attached hydrogens (tertiary/aromatic N) is 4. The van der Waals surface area contributed by atoms with E-state index in [2.05, 4.69) is 16.0 Å². The van der Waals surface area contributed by atoms with Gasteiger partial charge in [-0.15, -0.1) is 0 Å². The van der Waals surface area contributed by atoms with Gasteiger partial charge in [-0.1, -0.05) is 103 Å². The van der Waals surface area contributed by atoms with Gasteiger partial charge in [0.15, 0.2) is 0 Å². The van der Waals surface area contributed by atoms with Crippen molar-refractivity contribution in [3.63, 3.8) is 0 Å². The average molecular weight is 1020 g/mol. The predicted molar refractivity (Wildman–Crippen MR) is 278 cm³/mol. The van der Waals surface area contributed by atoms with E-state index in [0.717, 1.165) is 31.2 Å². The molecule has 410 valence electrons. The number of carboxylic acid groups (broad SMARTS) is 1. The molecule has 1 aromatic carbocycles. The van der Waals surface area contributed by atoms with Crippen LogP contribution in [0.5, 0.6) is 0 Å². The second kappa shape index (κ2) is 30.3. The van der Waals surface area contributed by atoms with Crippen molar-refractivity contribution in [1.29, 1.82) is 0 Å². The number of carbonyl (C=O) groups is 8. The number of ether oxygens (including phenoxy) is 2. The minimum absolute atomic E-state index is 0.0502. The van der Waals surface area contributed by atoms with E-state index in [1.165, 1.54) is 43.3 Å². The van der Waals surface area contributed by atoms with Crippen LogP contribution in [0.15, 0.2) is 30.3 Å². The standard InChI is InChI=1S/C55H89N7O11/c1-10-37(4)50(44(72-8)34-47(65)62-30-20-25-43(62)51(73-9)38(5)52(67)58-42(55(70)71)33-39-21-15-14-16-22-39)60(7)48(66)35-56-54(69)49(36(2)3)59(6)45(63)26-19-27-46(64)61-31-28-40(29-32-61)53(68)57-41-23-17-12-11-13-18-24-41/h14-16,21-22,36-38,40-44,49-51H,10-13,17-20,23-35H2,1-9H3,(H,56,69)(H,57,68)(H,58,67)(H,70,71). The van der Waals surface area contributed by atoms with Crippen molar-refractivity contribution in [1.82, 2.24) is 35.6 Å². The van der Waals surface area contributed by atoms with Crippen molar-refractivity contribution in [3.05, 3.63) is 35.9 Å². The molecule has 7 amide bonds. The lowest BCUT2D eigenvalue weighted by Gasteiger charge is -2.39. The van der Waals surface area contributed by atoms with E-state index in [-0.39, 0.29) is 79.7 Å². The number of aliphatic carboxylic acids is 1. The van der Waals surface area contributed by atoms with Gasteiger partial charge >= 0.3 is 5.97 Å². The summed E-state index contributed by atoms with van der Waals surface area (Å²) in [5.41, 5.74) is 0.764. The van der Waals surface area contributed by atoms with Crippen LogP contribution in [-0.4, -0.2) is 169 Å². The molecule has 0 radical (unpaired) electrons.